The smallest absolute Gasteiger partial charge is 0.224 e. The van der Waals surface area contributed by atoms with Crippen LogP contribution < -0.4 is 10.6 Å². The molecule has 0 aliphatic carbocycles. The Morgan fingerprint density at radius 1 is 1.29 bits per heavy atom. The molecule has 1 aromatic carbocycles. The Labute approximate surface area is 158 Å². The van der Waals surface area contributed by atoms with Crippen molar-refractivity contribution in [1.82, 2.24) is 15.5 Å². The van der Waals surface area contributed by atoms with Crippen molar-refractivity contribution in [2.75, 3.05) is 20.1 Å². The minimum Gasteiger partial charge on any atom is -0.349 e. The monoisotopic (exact) mass is 417 g/mol. The van der Waals surface area contributed by atoms with Gasteiger partial charge in [-0.05, 0) is 43.6 Å². The zero-order valence-electron chi connectivity index (χ0n) is 14.0. The summed E-state index contributed by atoms with van der Waals surface area (Å²) in [4.78, 5) is 26.0. The van der Waals surface area contributed by atoms with Gasteiger partial charge in [-0.15, -0.1) is 12.4 Å². The molecule has 1 unspecified atom stereocenters. The molecule has 0 radical (unpaired) electrons. The molecule has 1 heterocycles. The zero-order valence-corrected chi connectivity index (χ0v) is 16.5. The highest BCUT2D eigenvalue weighted by Gasteiger charge is 2.25. The van der Waals surface area contributed by atoms with Crippen LogP contribution in [0.25, 0.3) is 0 Å². The van der Waals surface area contributed by atoms with Crippen LogP contribution in [0.5, 0.6) is 0 Å². The maximum atomic E-state index is 12.6. The first-order chi connectivity index (χ1) is 11.0. The number of nitrogens with zero attached hydrogens (tertiary/aromatic N) is 1. The summed E-state index contributed by atoms with van der Waals surface area (Å²) in [5.74, 6) is -0.0613. The van der Waals surface area contributed by atoms with Crippen LogP contribution in [0.1, 0.15) is 37.8 Å². The molecule has 134 valence electrons. The molecule has 1 fully saturated rings. The van der Waals surface area contributed by atoms with Gasteiger partial charge in [-0.1, -0.05) is 28.1 Å². The summed E-state index contributed by atoms with van der Waals surface area (Å²) in [6.45, 7) is 3.38. The lowest BCUT2D eigenvalue weighted by atomic mass is 10.0. The predicted molar refractivity (Wildman–Crippen MR) is 101 cm³/mol. The molecule has 0 aromatic heterocycles. The largest absolute Gasteiger partial charge is 0.349 e. The minimum atomic E-state index is -0.294. The molecule has 0 saturated carbocycles. The molecule has 7 heteroatoms. The van der Waals surface area contributed by atoms with E-state index < -0.39 is 0 Å². The molecule has 1 aromatic rings. The van der Waals surface area contributed by atoms with E-state index in [1.165, 1.54) is 6.92 Å². The third kappa shape index (κ3) is 6.07. The van der Waals surface area contributed by atoms with Gasteiger partial charge in [-0.25, -0.2) is 0 Å². The molecule has 0 bridgehead atoms. The predicted octanol–water partition coefficient (Wildman–Crippen LogP) is 2.65. The quantitative estimate of drug-likeness (QED) is 0.773. The molecule has 24 heavy (non-hydrogen) atoms. The van der Waals surface area contributed by atoms with Gasteiger partial charge in [0.15, 0.2) is 0 Å². The van der Waals surface area contributed by atoms with Gasteiger partial charge >= 0.3 is 0 Å². The summed E-state index contributed by atoms with van der Waals surface area (Å²) in [6, 6.07) is 7.70. The van der Waals surface area contributed by atoms with Gasteiger partial charge in [0.05, 0.1) is 12.5 Å². The SMILES string of the molecule is CC(=O)NC(CC(=O)N(C)C1CCNCC1)c1ccc(Br)cc1.Cl. The van der Waals surface area contributed by atoms with Crippen molar-refractivity contribution < 1.29 is 9.59 Å². The average molecular weight is 419 g/mol. The van der Waals surface area contributed by atoms with E-state index in [0.717, 1.165) is 36.0 Å². The van der Waals surface area contributed by atoms with Crippen LogP contribution in [-0.4, -0.2) is 42.9 Å². The summed E-state index contributed by atoms with van der Waals surface area (Å²) in [7, 11) is 1.87. The van der Waals surface area contributed by atoms with Gasteiger partial charge in [-0.3, -0.25) is 9.59 Å². The van der Waals surface area contributed by atoms with Crippen LogP contribution in [0.15, 0.2) is 28.7 Å². The second kappa shape index (κ2) is 10.0. The third-order valence-electron chi connectivity index (χ3n) is 4.28. The number of carbonyl (C=O) groups is 2. The number of nitrogens with one attached hydrogen (secondary N) is 2. The fourth-order valence-electron chi connectivity index (χ4n) is 2.91. The maximum Gasteiger partial charge on any atom is 0.224 e. The number of amides is 2. The normalized spacial score (nSPS) is 16.0. The molecule has 0 spiro atoms. The highest BCUT2D eigenvalue weighted by Crippen LogP contribution is 2.22. The van der Waals surface area contributed by atoms with Crippen molar-refractivity contribution in [1.29, 1.82) is 0 Å². The van der Waals surface area contributed by atoms with E-state index in [2.05, 4.69) is 26.6 Å². The third-order valence-corrected chi connectivity index (χ3v) is 4.81. The molecule has 2 N–H and O–H groups in total. The fraction of sp³-hybridized carbons (Fsp3) is 0.529. The number of carbonyl (C=O) groups excluding carboxylic acids is 2. The van der Waals surface area contributed by atoms with E-state index in [1.54, 1.807) is 0 Å². The lowest BCUT2D eigenvalue weighted by molar-refractivity contribution is -0.133. The minimum absolute atomic E-state index is 0. The first-order valence-corrected chi connectivity index (χ1v) is 8.75. The van der Waals surface area contributed by atoms with Crippen molar-refractivity contribution in [3.63, 3.8) is 0 Å². The lowest BCUT2D eigenvalue weighted by Gasteiger charge is -2.32. The molecule has 2 rings (SSSR count). The molecular weight excluding hydrogens is 394 g/mol. The van der Waals surface area contributed by atoms with Crippen molar-refractivity contribution in [2.45, 2.75) is 38.3 Å². The lowest BCUT2D eigenvalue weighted by Crippen LogP contribution is -2.45. The van der Waals surface area contributed by atoms with Gasteiger partial charge in [0.1, 0.15) is 0 Å². The second-order valence-electron chi connectivity index (χ2n) is 5.99. The molecule has 5 nitrogen and oxygen atoms in total. The van der Waals surface area contributed by atoms with Crippen LogP contribution in [0.2, 0.25) is 0 Å². The Morgan fingerprint density at radius 2 is 1.88 bits per heavy atom. The van der Waals surface area contributed by atoms with Gasteiger partial charge in [0.2, 0.25) is 11.8 Å². The Morgan fingerprint density at radius 3 is 2.42 bits per heavy atom. The Balaban J connectivity index is 0.00000288. The van der Waals surface area contributed by atoms with E-state index in [9.17, 15) is 9.59 Å². The highest BCUT2D eigenvalue weighted by atomic mass is 79.9. The summed E-state index contributed by atoms with van der Waals surface area (Å²) in [6.07, 6.45) is 2.23. The van der Waals surface area contributed by atoms with E-state index in [0.29, 0.717) is 0 Å². The van der Waals surface area contributed by atoms with Crippen molar-refractivity contribution in [3.8, 4) is 0 Å². The number of hydrogen-bond donors (Lipinski definition) is 2. The van der Waals surface area contributed by atoms with Crippen LogP contribution in [0.4, 0.5) is 0 Å². The van der Waals surface area contributed by atoms with Crippen LogP contribution >= 0.6 is 28.3 Å². The van der Waals surface area contributed by atoms with Crippen molar-refractivity contribution in [3.05, 3.63) is 34.3 Å². The van der Waals surface area contributed by atoms with E-state index in [4.69, 9.17) is 0 Å². The molecule has 1 aliphatic rings. The van der Waals surface area contributed by atoms with E-state index in [-0.39, 0.29) is 42.7 Å². The molecular formula is C17H25BrClN3O2. The topological polar surface area (TPSA) is 61.4 Å². The van der Waals surface area contributed by atoms with Crippen molar-refractivity contribution in [2.24, 2.45) is 0 Å². The van der Waals surface area contributed by atoms with Gasteiger partial charge in [0, 0.05) is 24.5 Å². The summed E-state index contributed by atoms with van der Waals surface area (Å²) in [5.41, 5.74) is 0.940. The Hall–Kier alpha value is -1.11. The first-order valence-electron chi connectivity index (χ1n) is 7.96. The van der Waals surface area contributed by atoms with Gasteiger partial charge in [-0.2, -0.15) is 0 Å². The van der Waals surface area contributed by atoms with Crippen LogP contribution in [-0.2, 0) is 9.59 Å². The molecule has 1 saturated heterocycles. The standard InChI is InChI=1S/C17H24BrN3O2.ClH/c1-12(22)20-16(13-3-5-14(18)6-4-13)11-17(23)21(2)15-7-9-19-10-8-15;/h3-6,15-16,19H,7-11H2,1-2H3,(H,20,22);1H. The first kappa shape index (κ1) is 20.9. The van der Waals surface area contributed by atoms with E-state index in [1.807, 2.05) is 36.2 Å². The summed E-state index contributed by atoms with van der Waals surface area (Å²) >= 11 is 3.40. The number of halogens is 2. The fourth-order valence-corrected chi connectivity index (χ4v) is 3.17. The number of rotatable bonds is 5. The molecule has 2 amide bonds. The van der Waals surface area contributed by atoms with Gasteiger partial charge < -0.3 is 15.5 Å². The van der Waals surface area contributed by atoms with Crippen molar-refractivity contribution >= 4 is 40.2 Å². The average Bonchev–Trinajstić information content (AvgIpc) is 2.54. The Bertz CT molecular complexity index is 547. The highest BCUT2D eigenvalue weighted by molar-refractivity contribution is 9.10. The zero-order chi connectivity index (χ0) is 16.8. The van der Waals surface area contributed by atoms with Crippen LogP contribution in [0, 0.1) is 0 Å². The van der Waals surface area contributed by atoms with Crippen LogP contribution in [0.3, 0.4) is 0 Å². The molecule has 1 aliphatic heterocycles. The van der Waals surface area contributed by atoms with E-state index >= 15 is 0 Å². The number of benzene rings is 1. The van der Waals surface area contributed by atoms with Gasteiger partial charge in [0.25, 0.3) is 0 Å². The Kier molecular flexibility index (Phi) is 8.73. The second-order valence-corrected chi connectivity index (χ2v) is 6.91. The number of piperidine rings is 1. The number of hydrogen-bond acceptors (Lipinski definition) is 3. The summed E-state index contributed by atoms with van der Waals surface area (Å²) in [5, 5.41) is 6.20. The summed E-state index contributed by atoms with van der Waals surface area (Å²) < 4.78 is 0.973. The maximum absolute atomic E-state index is 12.6. The molecule has 1 atom stereocenters.